The van der Waals surface area contributed by atoms with Gasteiger partial charge in [0.25, 0.3) is 0 Å². The third-order valence-electron chi connectivity index (χ3n) is 15.3. The van der Waals surface area contributed by atoms with Gasteiger partial charge in [0.2, 0.25) is 0 Å². The second kappa shape index (κ2) is 21.5. The summed E-state index contributed by atoms with van der Waals surface area (Å²) >= 11 is -4.41. The molecular weight excluding hydrogens is 908 g/mol. The summed E-state index contributed by atoms with van der Waals surface area (Å²) in [6.45, 7) is 38.6. The van der Waals surface area contributed by atoms with Crippen LogP contribution in [0.1, 0.15) is 203 Å². The molecule has 344 valence electrons. The average molecular weight is 991 g/mol. The average Bonchev–Trinajstić information content (AvgIpc) is 3.29. The Hall–Kier alpha value is -3.41. The molecule has 1 fully saturated rings. The van der Waals surface area contributed by atoms with Crippen molar-refractivity contribution in [1.82, 2.24) is 0 Å². The van der Waals surface area contributed by atoms with Crippen LogP contribution in [0.3, 0.4) is 0 Å². The van der Waals surface area contributed by atoms with Crippen LogP contribution in [-0.4, -0.2) is 32.4 Å². The maximum absolute atomic E-state index is 2.57. The van der Waals surface area contributed by atoms with Gasteiger partial charge in [-0.1, -0.05) is 0 Å². The van der Waals surface area contributed by atoms with Crippen molar-refractivity contribution in [2.24, 2.45) is 0 Å². The Morgan fingerprint density at radius 1 is 0.242 bits per heavy atom. The molecule has 0 aromatic heterocycles. The Kier molecular flexibility index (Phi) is 16.4. The summed E-state index contributed by atoms with van der Waals surface area (Å²) in [5.74, 6) is 3.60. The number of hydrogen-bond donors (Lipinski definition) is 0. The van der Waals surface area contributed by atoms with Crippen LogP contribution >= 0.6 is 0 Å². The molecule has 1 saturated heterocycles. The SMILES string of the molecule is CC(C)c1cccc(C(C)C)c1-c1cccc(-c2c(C(C)C)cccc2C(C)C)[c]1[Ga]1[CH2][CH2][Ga]([c]2c(-c3c(C(C)C)cccc3C(C)C)cccc2-c2c(C(C)C)cccc2C(C)C)[CH2][CH2]1. The quantitative estimate of drug-likeness (QED) is 0.0954. The molecule has 0 aliphatic carbocycles. The van der Waals surface area contributed by atoms with Gasteiger partial charge in [-0.25, -0.2) is 0 Å². The molecule has 0 saturated carbocycles. The van der Waals surface area contributed by atoms with Crippen LogP contribution in [0.2, 0.25) is 19.9 Å². The summed E-state index contributed by atoms with van der Waals surface area (Å²) in [5.41, 5.74) is 24.6. The maximum atomic E-state index is 2.57. The molecule has 7 rings (SSSR count). The van der Waals surface area contributed by atoms with Crippen molar-refractivity contribution in [2.45, 2.75) is 178 Å². The Balaban J connectivity index is 1.50. The molecule has 0 bridgehead atoms. The molecule has 0 amide bonds. The second-order valence-electron chi connectivity index (χ2n) is 22.6. The molecule has 2 heteroatoms. The van der Waals surface area contributed by atoms with E-state index in [2.05, 4.69) is 220 Å². The first-order chi connectivity index (χ1) is 31.4. The van der Waals surface area contributed by atoms with Gasteiger partial charge < -0.3 is 0 Å². The molecule has 0 spiro atoms. The van der Waals surface area contributed by atoms with Crippen molar-refractivity contribution < 1.29 is 0 Å². The Morgan fingerprint density at radius 2 is 0.394 bits per heavy atom. The van der Waals surface area contributed by atoms with Gasteiger partial charge in [-0.3, -0.25) is 0 Å². The molecule has 0 atom stereocenters. The minimum absolute atomic E-state index is 0.450. The molecule has 1 heterocycles. The van der Waals surface area contributed by atoms with Crippen molar-refractivity contribution in [1.29, 1.82) is 0 Å². The summed E-state index contributed by atoms with van der Waals surface area (Å²) in [5, 5.41) is 0. The monoisotopic (exact) mass is 988 g/mol. The Morgan fingerprint density at radius 3 is 0.545 bits per heavy atom. The first-order valence-corrected chi connectivity index (χ1v) is 35.5. The summed E-state index contributed by atoms with van der Waals surface area (Å²) in [7, 11) is 0. The fraction of sp³-hybridized carbons (Fsp3) is 0.438. The van der Waals surface area contributed by atoms with E-state index >= 15 is 0 Å². The molecule has 0 N–H and O–H groups in total. The normalized spacial score (nSPS) is 13.6. The van der Waals surface area contributed by atoms with E-state index in [0.29, 0.717) is 47.3 Å². The molecule has 66 heavy (non-hydrogen) atoms. The van der Waals surface area contributed by atoms with Crippen LogP contribution in [0.5, 0.6) is 0 Å². The van der Waals surface area contributed by atoms with Gasteiger partial charge in [0.15, 0.2) is 0 Å². The first-order valence-electron chi connectivity index (χ1n) is 26.2. The Bertz CT molecular complexity index is 2170. The van der Waals surface area contributed by atoms with Crippen LogP contribution in [-0.2, 0) is 0 Å². The molecule has 0 radical (unpaired) electrons. The van der Waals surface area contributed by atoms with E-state index in [0.717, 1.165) is 0 Å². The van der Waals surface area contributed by atoms with Crippen LogP contribution in [0.4, 0.5) is 0 Å². The number of rotatable bonds is 14. The minimum atomic E-state index is -2.21. The van der Waals surface area contributed by atoms with Crippen molar-refractivity contribution >= 4 is 40.7 Å². The van der Waals surface area contributed by atoms with Gasteiger partial charge in [0.05, 0.1) is 0 Å². The van der Waals surface area contributed by atoms with Crippen molar-refractivity contribution in [3.05, 3.63) is 154 Å². The van der Waals surface area contributed by atoms with Gasteiger partial charge in [0.1, 0.15) is 0 Å². The molecule has 1 aliphatic rings. The summed E-state index contributed by atoms with van der Waals surface area (Å²) in [6, 6.07) is 44.1. The van der Waals surface area contributed by atoms with Gasteiger partial charge in [-0.15, -0.1) is 0 Å². The van der Waals surface area contributed by atoms with Crippen LogP contribution in [0.15, 0.2) is 109 Å². The van der Waals surface area contributed by atoms with E-state index in [9.17, 15) is 0 Å². The van der Waals surface area contributed by atoms with E-state index in [-0.39, 0.29) is 0 Å². The third kappa shape index (κ3) is 10.0. The fourth-order valence-corrected chi connectivity index (χ4v) is 42.3. The predicted molar refractivity (Wildman–Crippen MR) is 297 cm³/mol. The molecule has 0 unspecified atom stereocenters. The van der Waals surface area contributed by atoms with Gasteiger partial charge in [-0.05, 0) is 0 Å². The molecule has 6 aromatic carbocycles. The van der Waals surface area contributed by atoms with Gasteiger partial charge in [-0.2, -0.15) is 0 Å². The topological polar surface area (TPSA) is 0 Å². The van der Waals surface area contributed by atoms with Crippen LogP contribution < -0.4 is 8.24 Å². The van der Waals surface area contributed by atoms with Gasteiger partial charge in [0, 0.05) is 0 Å². The predicted octanol–water partition coefficient (Wildman–Crippen LogP) is 18.5. The van der Waals surface area contributed by atoms with Crippen molar-refractivity contribution in [3.63, 3.8) is 0 Å². The molecule has 0 nitrogen and oxygen atoms in total. The van der Waals surface area contributed by atoms with Crippen molar-refractivity contribution in [2.75, 3.05) is 0 Å². The summed E-state index contributed by atoms with van der Waals surface area (Å²) in [6.07, 6.45) is 0. The molecule has 6 aromatic rings. The first kappa shape index (κ1) is 50.5. The Labute approximate surface area is 413 Å². The standard InChI is InChI=1S/2C30H37.2C2H4.2Ga/c2*1-19(2)25-14-10-15-26(20(3)4)29(25)23-12-9-13-24(18-23)30-27(21(5)6)16-11-17-28(30)22(7)8;2*1-2;;/h2*9-17,19-22H,1-8H3;2*1-2H2;;. The molecular formula is C64H82Ga2. The number of hydrogen-bond acceptors (Lipinski definition) is 0. The van der Waals surface area contributed by atoms with Crippen LogP contribution in [0.25, 0.3) is 44.5 Å². The van der Waals surface area contributed by atoms with E-state index < -0.39 is 32.4 Å². The van der Waals surface area contributed by atoms with E-state index in [1.54, 1.807) is 44.5 Å². The zero-order chi connectivity index (χ0) is 47.7. The number of benzene rings is 6. The van der Waals surface area contributed by atoms with E-state index in [1.165, 1.54) is 64.4 Å². The van der Waals surface area contributed by atoms with E-state index in [1.807, 2.05) is 8.24 Å². The van der Waals surface area contributed by atoms with Crippen molar-refractivity contribution in [3.8, 4) is 44.5 Å². The van der Waals surface area contributed by atoms with Gasteiger partial charge >= 0.3 is 417 Å². The summed E-state index contributed by atoms with van der Waals surface area (Å²) in [4.78, 5) is 5.73. The second-order valence-corrected chi connectivity index (χ2v) is 35.7. The third-order valence-corrected chi connectivity index (χ3v) is 35.9. The van der Waals surface area contributed by atoms with E-state index in [4.69, 9.17) is 0 Å². The molecule has 1 aliphatic heterocycles. The zero-order valence-corrected chi connectivity index (χ0v) is 48.8. The fourth-order valence-electron chi connectivity index (χ4n) is 12.0. The summed E-state index contributed by atoms with van der Waals surface area (Å²) < 4.78 is 3.62. The van der Waals surface area contributed by atoms with Crippen LogP contribution in [0, 0.1) is 0 Å². The zero-order valence-electron chi connectivity index (χ0n) is 44.0.